The molecule has 0 fully saturated rings. The summed E-state index contributed by atoms with van der Waals surface area (Å²) in [6, 6.07) is 0. The summed E-state index contributed by atoms with van der Waals surface area (Å²) in [6.45, 7) is -3.08. The van der Waals surface area contributed by atoms with E-state index in [9.17, 15) is 9.59 Å². The molecule has 1 aliphatic heterocycles. The number of nitrogens with one attached hydrogen (secondary N) is 2. The van der Waals surface area contributed by atoms with Crippen LogP contribution in [0.5, 0.6) is 0 Å². The van der Waals surface area contributed by atoms with Gasteiger partial charge >= 0.3 is 5.97 Å². The molecule has 2 N–H and O–H groups in total. The minimum atomic E-state index is -2.72. The molecule has 0 radical (unpaired) electrons. The molecule has 0 aromatic heterocycles. The van der Waals surface area contributed by atoms with E-state index in [1.54, 1.807) is 0 Å². The highest BCUT2D eigenvalue weighted by Gasteiger charge is 2.13. The Kier molecular flexibility index (Phi) is 11.2. The minimum absolute atomic E-state index is 0.224. The first-order valence-electron chi connectivity index (χ1n) is 12.3. The van der Waals surface area contributed by atoms with E-state index in [0.29, 0.717) is 11.3 Å². The summed E-state index contributed by atoms with van der Waals surface area (Å²) in [6.07, 6.45) is 18.2. The number of likely N-dealkylation sites (N-methyl/N-ethyl adjacent to an activating group) is 1. The predicted octanol–water partition coefficient (Wildman–Crippen LogP) is 4.54. The van der Waals surface area contributed by atoms with Crippen LogP contribution in [0.2, 0.25) is 0 Å². The summed E-state index contributed by atoms with van der Waals surface area (Å²) in [4.78, 5) is 24.7. The molecule has 6 heteroatoms. The number of hydrogen-bond donors (Lipinski definition) is 2. The summed E-state index contributed by atoms with van der Waals surface area (Å²) in [5.74, 6) is -1.72. The summed E-state index contributed by atoms with van der Waals surface area (Å²) >= 11 is 0. The van der Waals surface area contributed by atoms with E-state index in [1.807, 2.05) is 0 Å². The monoisotopic (exact) mass is 396 g/mol. The van der Waals surface area contributed by atoms with Gasteiger partial charge in [0.05, 0.1) is 6.61 Å². The third-order valence-corrected chi connectivity index (χ3v) is 4.78. The van der Waals surface area contributed by atoms with Crippen molar-refractivity contribution in [3.8, 4) is 0 Å². The number of nitrogens with zero attached hydrogens (tertiary/aromatic N) is 1. The van der Waals surface area contributed by atoms with E-state index >= 15 is 0 Å². The third-order valence-electron chi connectivity index (χ3n) is 4.78. The van der Waals surface area contributed by atoms with Gasteiger partial charge in [-0.1, -0.05) is 57.1 Å². The topological polar surface area (TPSA) is 82.5 Å². The highest BCUT2D eigenvalue weighted by atomic mass is 16.5. The second kappa shape index (κ2) is 16.1. The normalized spacial score (nSPS) is 24.6. The highest BCUT2D eigenvalue weighted by molar-refractivity contribution is 5.96. The van der Waals surface area contributed by atoms with Gasteiger partial charge in [0, 0.05) is 17.5 Å². The van der Waals surface area contributed by atoms with Gasteiger partial charge in [-0.3, -0.25) is 20.3 Å². The quantitative estimate of drug-likeness (QED) is 0.465. The fourth-order valence-electron chi connectivity index (χ4n) is 3.09. The van der Waals surface area contributed by atoms with Crippen molar-refractivity contribution in [3.63, 3.8) is 0 Å². The van der Waals surface area contributed by atoms with Crippen molar-refractivity contribution < 1.29 is 18.4 Å². The maximum atomic E-state index is 12.1. The van der Waals surface area contributed by atoms with Crippen molar-refractivity contribution >= 4 is 17.8 Å². The molecule has 0 aromatic carbocycles. The minimum Gasteiger partial charge on any atom is -0.464 e. The first kappa shape index (κ1) is 19.5. The van der Waals surface area contributed by atoms with Crippen molar-refractivity contribution in [2.45, 2.75) is 89.9 Å². The zero-order valence-corrected chi connectivity index (χ0v) is 17.1. The standard InChI is InChI=1S/C22H39N3O3/c1-25-19-21(27)28-18-16-14-12-10-8-6-4-2-3-5-7-9-11-13-15-17-20(26)24-22(25)23/h2-3H,4-19H2,1H3,(H2,23,24,26)/b3-2+/i1D3. The number of cyclic esters (lactones) is 1. The Morgan fingerprint density at radius 2 is 1.50 bits per heavy atom. The highest BCUT2D eigenvalue weighted by Crippen LogP contribution is 2.10. The van der Waals surface area contributed by atoms with Crippen LogP contribution >= 0.6 is 0 Å². The molecule has 0 aromatic rings. The molecular weight excluding hydrogens is 354 g/mol. The molecule has 0 bridgehead atoms. The summed E-state index contributed by atoms with van der Waals surface area (Å²) in [7, 11) is 0. The Hall–Kier alpha value is -1.85. The SMILES string of the molecule is [2H]C([2H])([2H])N1CC(=O)OCCCCCCCC/C=C/CCCCCCCC(=O)NC1=N. The second-order valence-electron chi connectivity index (χ2n) is 7.39. The maximum Gasteiger partial charge on any atom is 0.325 e. The lowest BCUT2D eigenvalue weighted by atomic mass is 10.1. The molecule has 1 heterocycles. The van der Waals surface area contributed by atoms with Gasteiger partial charge in [-0.25, -0.2) is 0 Å². The number of esters is 1. The smallest absolute Gasteiger partial charge is 0.325 e. The van der Waals surface area contributed by atoms with Crippen LogP contribution in [0.3, 0.4) is 0 Å². The van der Waals surface area contributed by atoms with Crippen LogP contribution in [-0.4, -0.2) is 42.9 Å². The predicted molar refractivity (Wildman–Crippen MR) is 113 cm³/mol. The summed E-state index contributed by atoms with van der Waals surface area (Å²) < 4.78 is 27.8. The molecule has 0 aliphatic carbocycles. The lowest BCUT2D eigenvalue weighted by Gasteiger charge is -2.19. The number of rotatable bonds is 0. The first-order valence-corrected chi connectivity index (χ1v) is 10.8. The molecule has 1 aliphatic rings. The molecule has 0 saturated carbocycles. The number of amides is 1. The molecule has 160 valence electrons. The van der Waals surface area contributed by atoms with Crippen molar-refractivity contribution in [3.05, 3.63) is 12.2 Å². The van der Waals surface area contributed by atoms with Gasteiger partial charge in [-0.05, 0) is 38.5 Å². The molecule has 0 saturated heterocycles. The lowest BCUT2D eigenvalue weighted by molar-refractivity contribution is -0.144. The van der Waals surface area contributed by atoms with E-state index < -0.39 is 31.4 Å². The van der Waals surface area contributed by atoms with Gasteiger partial charge in [-0.2, -0.15) is 0 Å². The molecule has 1 amide bonds. The fourth-order valence-corrected chi connectivity index (χ4v) is 3.09. The summed E-state index contributed by atoms with van der Waals surface area (Å²) in [5, 5.41) is 10.3. The van der Waals surface area contributed by atoms with Gasteiger partial charge in [0.2, 0.25) is 5.91 Å². The molecule has 28 heavy (non-hydrogen) atoms. The number of guanidine groups is 1. The van der Waals surface area contributed by atoms with Crippen molar-refractivity contribution in [2.75, 3.05) is 20.1 Å². The van der Waals surface area contributed by atoms with Crippen LogP contribution < -0.4 is 5.32 Å². The number of ether oxygens (including phenoxy) is 1. The largest absolute Gasteiger partial charge is 0.464 e. The van der Waals surface area contributed by atoms with E-state index in [0.717, 1.165) is 64.2 Å². The number of hydrogen-bond acceptors (Lipinski definition) is 4. The van der Waals surface area contributed by atoms with Gasteiger partial charge < -0.3 is 9.64 Å². The Labute approximate surface area is 174 Å². The van der Waals surface area contributed by atoms with Crippen molar-refractivity contribution in [1.82, 2.24) is 10.2 Å². The molecule has 0 atom stereocenters. The average molecular weight is 397 g/mol. The van der Waals surface area contributed by atoms with Crippen LogP contribution in [0.4, 0.5) is 0 Å². The Balaban J connectivity index is 2.57. The third kappa shape index (κ3) is 13.3. The van der Waals surface area contributed by atoms with Crippen LogP contribution in [-0.2, 0) is 14.3 Å². The lowest BCUT2D eigenvalue weighted by Crippen LogP contribution is -2.43. The van der Waals surface area contributed by atoms with Crippen LogP contribution in [0.25, 0.3) is 0 Å². The summed E-state index contributed by atoms with van der Waals surface area (Å²) in [5.41, 5.74) is 0. The molecule has 1 rings (SSSR count). The zero-order valence-electron chi connectivity index (χ0n) is 20.1. The average Bonchev–Trinajstić information content (AvgIpc) is 2.69. The van der Waals surface area contributed by atoms with Crippen LogP contribution in [0.1, 0.15) is 94.0 Å². The number of carbonyl (C=O) groups is 2. The Bertz CT molecular complexity index is 580. The van der Waals surface area contributed by atoms with Gasteiger partial charge in [0.1, 0.15) is 6.54 Å². The maximum absolute atomic E-state index is 12.1. The van der Waals surface area contributed by atoms with Gasteiger partial charge in [-0.15, -0.1) is 0 Å². The Morgan fingerprint density at radius 1 is 0.929 bits per heavy atom. The van der Waals surface area contributed by atoms with Crippen molar-refractivity contribution in [2.24, 2.45) is 0 Å². The van der Waals surface area contributed by atoms with E-state index in [2.05, 4.69) is 17.5 Å². The van der Waals surface area contributed by atoms with E-state index in [4.69, 9.17) is 14.3 Å². The Morgan fingerprint density at radius 3 is 2.14 bits per heavy atom. The van der Waals surface area contributed by atoms with Gasteiger partial charge in [0.15, 0.2) is 5.96 Å². The van der Waals surface area contributed by atoms with Crippen LogP contribution in [0.15, 0.2) is 12.2 Å². The second-order valence-corrected chi connectivity index (χ2v) is 7.39. The fraction of sp³-hybridized carbons (Fsp3) is 0.773. The number of carbonyl (C=O) groups excluding carboxylic acids is 2. The van der Waals surface area contributed by atoms with Gasteiger partial charge in [0.25, 0.3) is 0 Å². The first-order chi connectivity index (χ1) is 14.8. The molecule has 0 spiro atoms. The molecule has 0 unspecified atom stereocenters. The molecule has 6 nitrogen and oxygen atoms in total. The number of allylic oxidation sites excluding steroid dienone is 2. The van der Waals surface area contributed by atoms with Crippen LogP contribution in [0, 0.1) is 5.41 Å². The molecular formula is C22H39N3O3. The zero-order chi connectivity index (χ0) is 23.0. The van der Waals surface area contributed by atoms with Crippen molar-refractivity contribution in [1.29, 1.82) is 5.41 Å². The van der Waals surface area contributed by atoms with E-state index in [-0.39, 0.29) is 13.0 Å². The van der Waals surface area contributed by atoms with E-state index in [1.165, 1.54) is 12.8 Å².